The molecule has 1 atom stereocenters. The first-order chi connectivity index (χ1) is 7.78. The van der Waals surface area contributed by atoms with Crippen LogP contribution in [0.2, 0.25) is 0 Å². The second kappa shape index (κ2) is 6.04. The normalized spacial score (nSPS) is 11.6. The molecule has 0 amide bonds. The Bertz CT molecular complexity index is 382. The van der Waals surface area contributed by atoms with Crippen LogP contribution in [0.1, 0.15) is 18.0 Å². The lowest BCUT2D eigenvalue weighted by Gasteiger charge is -2.18. The molecule has 0 aliphatic carbocycles. The summed E-state index contributed by atoms with van der Waals surface area (Å²) < 4.78 is 10.6. The summed E-state index contributed by atoms with van der Waals surface area (Å²) >= 11 is 0. The third kappa shape index (κ3) is 2.47. The van der Waals surface area contributed by atoms with Gasteiger partial charge in [0.15, 0.2) is 11.5 Å². The zero-order valence-electron chi connectivity index (χ0n) is 9.91. The Labute approximate surface area is 96.8 Å². The Morgan fingerprint density at radius 1 is 1.38 bits per heavy atom. The summed E-state index contributed by atoms with van der Waals surface area (Å²) in [7, 11) is 5.13. The monoisotopic (exact) mass is 219 g/mol. The highest BCUT2D eigenvalue weighted by atomic mass is 16.5. The molecule has 0 spiro atoms. The largest absolute Gasteiger partial charge is 0.493 e. The lowest BCUT2D eigenvalue weighted by Crippen LogP contribution is -2.16. The average Bonchev–Trinajstić information content (AvgIpc) is 2.34. The molecule has 3 nitrogen and oxygen atoms in total. The number of ether oxygens (including phenoxy) is 2. The number of para-hydroxylation sites is 1. The van der Waals surface area contributed by atoms with Crippen LogP contribution in [0.3, 0.4) is 0 Å². The van der Waals surface area contributed by atoms with Gasteiger partial charge in [0.1, 0.15) is 0 Å². The number of nitrogens with one attached hydrogen (secondary N) is 1. The molecule has 0 aliphatic rings. The van der Waals surface area contributed by atoms with Gasteiger partial charge in [0, 0.05) is 18.0 Å². The van der Waals surface area contributed by atoms with Gasteiger partial charge < -0.3 is 14.8 Å². The van der Waals surface area contributed by atoms with E-state index in [2.05, 4.69) is 11.2 Å². The summed E-state index contributed by atoms with van der Waals surface area (Å²) in [6, 6.07) is 5.86. The van der Waals surface area contributed by atoms with Crippen LogP contribution in [0.4, 0.5) is 0 Å². The zero-order chi connectivity index (χ0) is 12.0. The van der Waals surface area contributed by atoms with E-state index in [9.17, 15) is 0 Å². The number of terminal acetylenes is 1. The number of hydrogen-bond donors (Lipinski definition) is 1. The topological polar surface area (TPSA) is 30.5 Å². The second-order valence-corrected chi connectivity index (χ2v) is 3.33. The van der Waals surface area contributed by atoms with Crippen LogP contribution in [0, 0.1) is 12.3 Å². The number of benzene rings is 1. The van der Waals surface area contributed by atoms with Crippen molar-refractivity contribution in [2.24, 2.45) is 0 Å². The van der Waals surface area contributed by atoms with E-state index < -0.39 is 0 Å². The smallest absolute Gasteiger partial charge is 0.165 e. The quantitative estimate of drug-likeness (QED) is 0.768. The highest BCUT2D eigenvalue weighted by Crippen LogP contribution is 2.35. The van der Waals surface area contributed by atoms with Crippen LogP contribution >= 0.6 is 0 Å². The summed E-state index contributed by atoms with van der Waals surface area (Å²) in [4.78, 5) is 0. The molecule has 0 saturated heterocycles. The van der Waals surface area contributed by atoms with Crippen molar-refractivity contribution >= 4 is 0 Å². The Morgan fingerprint density at radius 2 is 2.12 bits per heavy atom. The van der Waals surface area contributed by atoms with Crippen molar-refractivity contribution in [2.75, 3.05) is 21.3 Å². The predicted molar refractivity (Wildman–Crippen MR) is 64.8 cm³/mol. The molecule has 1 unspecified atom stereocenters. The van der Waals surface area contributed by atoms with Crippen molar-refractivity contribution in [1.29, 1.82) is 0 Å². The van der Waals surface area contributed by atoms with Gasteiger partial charge in [0.2, 0.25) is 0 Å². The number of methoxy groups -OCH3 is 2. The lowest BCUT2D eigenvalue weighted by molar-refractivity contribution is 0.347. The predicted octanol–water partition coefficient (Wildman–Crippen LogP) is 1.99. The molecule has 1 aromatic carbocycles. The third-order valence-electron chi connectivity index (χ3n) is 2.48. The van der Waals surface area contributed by atoms with Crippen molar-refractivity contribution in [1.82, 2.24) is 5.32 Å². The van der Waals surface area contributed by atoms with Gasteiger partial charge in [-0.3, -0.25) is 0 Å². The standard InChI is InChI=1S/C13H17NO2/c1-5-7-11(14-2)10-8-6-9-12(15-3)13(10)16-4/h1,6,8-9,11,14H,7H2,2-4H3. The van der Waals surface area contributed by atoms with E-state index in [1.54, 1.807) is 14.2 Å². The molecule has 86 valence electrons. The fraction of sp³-hybridized carbons (Fsp3) is 0.385. The van der Waals surface area contributed by atoms with E-state index in [-0.39, 0.29) is 6.04 Å². The van der Waals surface area contributed by atoms with Crippen LogP contribution < -0.4 is 14.8 Å². The Balaban J connectivity index is 3.16. The van der Waals surface area contributed by atoms with Gasteiger partial charge in [0.25, 0.3) is 0 Å². The van der Waals surface area contributed by atoms with Gasteiger partial charge in [0.05, 0.1) is 14.2 Å². The van der Waals surface area contributed by atoms with Gasteiger partial charge in [-0.25, -0.2) is 0 Å². The minimum absolute atomic E-state index is 0.0787. The summed E-state index contributed by atoms with van der Waals surface area (Å²) in [6.07, 6.45) is 5.95. The summed E-state index contributed by atoms with van der Waals surface area (Å²) in [5.41, 5.74) is 1.02. The van der Waals surface area contributed by atoms with Crippen LogP contribution in [-0.2, 0) is 0 Å². The Morgan fingerprint density at radius 3 is 2.62 bits per heavy atom. The van der Waals surface area contributed by atoms with Crippen molar-refractivity contribution < 1.29 is 9.47 Å². The molecule has 0 fully saturated rings. The SMILES string of the molecule is C#CCC(NC)c1cccc(OC)c1OC. The number of hydrogen-bond acceptors (Lipinski definition) is 3. The first-order valence-electron chi connectivity index (χ1n) is 5.10. The first-order valence-corrected chi connectivity index (χ1v) is 5.10. The van der Waals surface area contributed by atoms with Crippen LogP contribution in [0.15, 0.2) is 18.2 Å². The molecule has 0 radical (unpaired) electrons. The summed E-state index contributed by atoms with van der Waals surface area (Å²) in [5.74, 6) is 4.10. The van der Waals surface area contributed by atoms with E-state index in [1.807, 2.05) is 25.2 Å². The molecule has 0 aliphatic heterocycles. The maximum Gasteiger partial charge on any atom is 0.165 e. The van der Waals surface area contributed by atoms with Crippen molar-refractivity contribution in [3.63, 3.8) is 0 Å². The Hall–Kier alpha value is -1.66. The second-order valence-electron chi connectivity index (χ2n) is 3.33. The number of rotatable bonds is 5. The van der Waals surface area contributed by atoms with Crippen LogP contribution in [-0.4, -0.2) is 21.3 Å². The molecular weight excluding hydrogens is 202 g/mol. The van der Waals surface area contributed by atoms with E-state index in [1.165, 1.54) is 0 Å². The molecule has 16 heavy (non-hydrogen) atoms. The molecule has 0 saturated carbocycles. The van der Waals surface area contributed by atoms with E-state index in [4.69, 9.17) is 15.9 Å². The summed E-state index contributed by atoms with van der Waals surface area (Å²) in [5, 5.41) is 3.17. The highest BCUT2D eigenvalue weighted by molar-refractivity contribution is 5.48. The van der Waals surface area contributed by atoms with Crippen LogP contribution in [0.5, 0.6) is 11.5 Å². The molecular formula is C13H17NO2. The Kier molecular flexibility index (Phi) is 4.68. The van der Waals surface area contributed by atoms with Crippen molar-refractivity contribution in [3.8, 4) is 23.8 Å². The lowest BCUT2D eigenvalue weighted by atomic mass is 10.0. The fourth-order valence-electron chi connectivity index (χ4n) is 1.67. The van der Waals surface area contributed by atoms with Gasteiger partial charge in [-0.05, 0) is 13.1 Å². The van der Waals surface area contributed by atoms with E-state index in [0.29, 0.717) is 6.42 Å². The first kappa shape index (κ1) is 12.4. The molecule has 0 bridgehead atoms. The molecule has 0 aromatic heterocycles. The molecule has 3 heteroatoms. The fourth-order valence-corrected chi connectivity index (χ4v) is 1.67. The summed E-state index contributed by atoms with van der Waals surface area (Å²) in [6.45, 7) is 0. The minimum Gasteiger partial charge on any atom is -0.493 e. The molecule has 1 aromatic rings. The highest BCUT2D eigenvalue weighted by Gasteiger charge is 2.16. The van der Waals surface area contributed by atoms with E-state index in [0.717, 1.165) is 17.1 Å². The molecule has 0 heterocycles. The van der Waals surface area contributed by atoms with Crippen molar-refractivity contribution in [2.45, 2.75) is 12.5 Å². The van der Waals surface area contributed by atoms with Gasteiger partial charge in [-0.15, -0.1) is 12.3 Å². The maximum absolute atomic E-state index is 5.36. The van der Waals surface area contributed by atoms with Gasteiger partial charge in [-0.2, -0.15) is 0 Å². The molecule has 1 rings (SSSR count). The maximum atomic E-state index is 5.36. The van der Waals surface area contributed by atoms with Crippen LogP contribution in [0.25, 0.3) is 0 Å². The minimum atomic E-state index is 0.0787. The van der Waals surface area contributed by atoms with E-state index >= 15 is 0 Å². The van der Waals surface area contributed by atoms with Gasteiger partial charge in [-0.1, -0.05) is 12.1 Å². The van der Waals surface area contributed by atoms with Crippen molar-refractivity contribution in [3.05, 3.63) is 23.8 Å². The zero-order valence-corrected chi connectivity index (χ0v) is 9.91. The van der Waals surface area contributed by atoms with Gasteiger partial charge >= 0.3 is 0 Å². The average molecular weight is 219 g/mol. The molecule has 1 N–H and O–H groups in total. The third-order valence-corrected chi connectivity index (χ3v) is 2.48.